The predicted octanol–water partition coefficient (Wildman–Crippen LogP) is 5.57. The van der Waals surface area contributed by atoms with Gasteiger partial charge in [0, 0.05) is 70.5 Å². The monoisotopic (exact) mass is 1210 g/mol. The Morgan fingerprint density at radius 3 is 2.23 bits per heavy atom. The summed E-state index contributed by atoms with van der Waals surface area (Å²) in [5, 5.41) is 42.0. The molecule has 483 valence electrons. The van der Waals surface area contributed by atoms with Crippen LogP contribution in [0.3, 0.4) is 0 Å². The number of aromatic hydroxyl groups is 1. The Morgan fingerprint density at radius 1 is 0.884 bits per heavy atom. The normalized spacial score (nSPS) is 36.4. The van der Waals surface area contributed by atoms with Crippen LogP contribution in [0.25, 0.3) is 0 Å². The second-order valence-corrected chi connectivity index (χ2v) is 25.0. The van der Waals surface area contributed by atoms with E-state index in [0.29, 0.717) is 13.0 Å². The van der Waals surface area contributed by atoms with Crippen molar-refractivity contribution in [1.29, 1.82) is 0 Å². The van der Waals surface area contributed by atoms with Gasteiger partial charge in [0.1, 0.15) is 43.3 Å². The van der Waals surface area contributed by atoms with Gasteiger partial charge in [0.15, 0.2) is 30.3 Å². The molecule has 4 saturated heterocycles. The van der Waals surface area contributed by atoms with Gasteiger partial charge in [-0.3, -0.25) is 19.3 Å². The SMILES string of the molecule is CON=C1C[C@@H](C)O[C@@H](O[C@@H]2[C@@H](C)[C@H](O[C@H]3CC(C)N(CCc4ccccc4)C[C@H](C)O3)[C@@H](C)C(=O)O[C@@H](C(C)CO[C@@H]3O[C@H](C)[C@@H](O)[C@@H](OC)[C@H]3OC)[C@@H](C)[CH][C@@H](C)C(=O)[C@@](C)(OC(=O)NC(C)(C)CNC(=O)c3cnc(O)cn3)C[C@@H]2C)[C@@H]1O. The van der Waals surface area contributed by atoms with Gasteiger partial charge in [-0.25, -0.2) is 14.8 Å². The van der Waals surface area contributed by atoms with Gasteiger partial charge in [0.05, 0.1) is 66.7 Å². The average Bonchev–Trinajstić information content (AvgIpc) is 1.47. The smallest absolute Gasteiger partial charge is 0.408 e. The van der Waals surface area contributed by atoms with Crippen molar-refractivity contribution >= 4 is 29.5 Å². The summed E-state index contributed by atoms with van der Waals surface area (Å²) in [7, 11) is 4.31. The summed E-state index contributed by atoms with van der Waals surface area (Å²) in [4.78, 5) is 73.5. The van der Waals surface area contributed by atoms with Crippen molar-refractivity contribution in [1.82, 2.24) is 25.5 Å². The Kier molecular flexibility index (Phi) is 25.6. The molecule has 5 heterocycles. The van der Waals surface area contributed by atoms with E-state index in [1.54, 1.807) is 48.0 Å². The molecule has 1 aromatic heterocycles. The van der Waals surface area contributed by atoms with Crippen LogP contribution >= 0.6 is 0 Å². The molecule has 0 bridgehead atoms. The van der Waals surface area contributed by atoms with Crippen LogP contribution < -0.4 is 10.6 Å². The molecule has 1 radical (unpaired) electrons. The Bertz CT molecular complexity index is 2520. The van der Waals surface area contributed by atoms with Crippen molar-refractivity contribution in [3.8, 4) is 5.88 Å². The molecule has 0 aliphatic carbocycles. The number of aromatic nitrogens is 2. The van der Waals surface area contributed by atoms with Gasteiger partial charge in [-0.15, -0.1) is 0 Å². The first-order valence-corrected chi connectivity index (χ1v) is 30.2. The molecular weight excluding hydrogens is 1120 g/mol. The number of carbonyl (C=O) groups is 4. The topological polar surface area (TPSA) is 296 Å². The van der Waals surface area contributed by atoms with Crippen molar-refractivity contribution in [2.45, 2.75) is 213 Å². The maximum Gasteiger partial charge on any atom is 0.408 e. The zero-order valence-electron chi connectivity index (χ0n) is 53.1. The number of aliphatic hydroxyl groups is 2. The summed E-state index contributed by atoms with van der Waals surface area (Å²) in [6.07, 6.45) is -7.37. The molecule has 21 atom stereocenters. The second kappa shape index (κ2) is 31.5. The minimum Gasteiger partial charge on any atom is -0.492 e. The minimum atomic E-state index is -1.92. The van der Waals surface area contributed by atoms with Crippen molar-refractivity contribution in [3.63, 3.8) is 0 Å². The number of rotatable bonds is 19. The first kappa shape index (κ1) is 70.1. The Labute approximate surface area is 507 Å². The number of esters is 1. The molecule has 0 spiro atoms. The minimum absolute atomic E-state index is 0.0221. The number of hydrogen-bond donors (Lipinski definition) is 5. The third-order valence-electron chi connectivity index (χ3n) is 17.0. The van der Waals surface area contributed by atoms with Crippen LogP contribution in [0.5, 0.6) is 5.88 Å². The van der Waals surface area contributed by atoms with Crippen LogP contribution in [0.15, 0.2) is 47.9 Å². The van der Waals surface area contributed by atoms with Gasteiger partial charge in [0.2, 0.25) is 5.88 Å². The predicted molar refractivity (Wildman–Crippen MR) is 314 cm³/mol. The highest BCUT2D eigenvalue weighted by Crippen LogP contribution is 2.40. The first-order chi connectivity index (χ1) is 40.6. The third kappa shape index (κ3) is 18.5. The van der Waals surface area contributed by atoms with E-state index in [1.165, 1.54) is 26.9 Å². The number of cyclic esters (lactones) is 1. The van der Waals surface area contributed by atoms with E-state index in [0.717, 1.165) is 25.4 Å². The fourth-order valence-corrected chi connectivity index (χ4v) is 12.4. The van der Waals surface area contributed by atoms with Gasteiger partial charge >= 0.3 is 12.1 Å². The fourth-order valence-electron chi connectivity index (χ4n) is 12.4. The van der Waals surface area contributed by atoms with Crippen LogP contribution in [0.4, 0.5) is 4.79 Å². The lowest BCUT2D eigenvalue weighted by Gasteiger charge is -2.44. The zero-order chi connectivity index (χ0) is 63.4. The molecule has 24 nitrogen and oxygen atoms in total. The molecule has 5 N–H and O–H groups in total. The van der Waals surface area contributed by atoms with E-state index >= 15 is 9.59 Å². The molecule has 0 saturated carbocycles. The van der Waals surface area contributed by atoms with Crippen molar-refractivity contribution < 1.29 is 86.7 Å². The standard InChI is InChI=1S/C62H97N6O18/c1-33-24-34(2)55(72)62(13,86-60(75)66-61(11,12)32-65-56(73)45-28-64-46(69)29-63-45)27-35(3)51(85-58-49(71)44(67-78-16)26-38(6)81-58)40(8)52(83-47-25-37(5)68(30-39(7)80-47)23-22-43-20-18-17-19-21-43)41(9)57(74)84-50(33)36(4)31-79-59-54(77-15)53(76-14)48(70)42(10)82-59/h17-21,24,28-29,33-42,47-54,58-59,70-71H,22-23,25-27,30-32H2,1-16H3,(H,64,69)(H,65,73)(H,66,75)/t33-,34+,35-,36?,37?,38+,39-,40+,41+,42+,47-,48+,49+,50+,51-,52-,53+,54+,58-,59+,62-/m0/s1. The molecule has 4 aliphatic heterocycles. The van der Waals surface area contributed by atoms with E-state index in [1.807, 2.05) is 59.7 Å². The number of methoxy groups -OCH3 is 2. The van der Waals surface area contributed by atoms with Crippen LogP contribution in [-0.2, 0) is 68.2 Å². The summed E-state index contributed by atoms with van der Waals surface area (Å²) in [5.41, 5.74) is -1.66. The van der Waals surface area contributed by atoms with Crippen molar-refractivity contribution in [2.75, 3.05) is 47.6 Å². The Morgan fingerprint density at radius 2 is 1.58 bits per heavy atom. The van der Waals surface area contributed by atoms with E-state index in [9.17, 15) is 24.9 Å². The van der Waals surface area contributed by atoms with Crippen molar-refractivity contribution in [2.24, 2.45) is 40.7 Å². The van der Waals surface area contributed by atoms with E-state index in [4.69, 9.17) is 52.2 Å². The maximum atomic E-state index is 15.5. The highest BCUT2D eigenvalue weighted by atomic mass is 16.7. The highest BCUT2D eigenvalue weighted by molar-refractivity contribution is 5.93. The summed E-state index contributed by atoms with van der Waals surface area (Å²) in [6, 6.07) is 10.2. The number of Topliss-reactive ketones (excluding diaryl/α,β-unsaturated/α-hetero) is 1. The quantitative estimate of drug-likeness (QED) is 0.0848. The lowest BCUT2D eigenvalue weighted by atomic mass is 9.75. The molecule has 86 heavy (non-hydrogen) atoms. The highest BCUT2D eigenvalue weighted by Gasteiger charge is 2.51. The van der Waals surface area contributed by atoms with E-state index in [2.05, 4.69) is 49.7 Å². The number of nitrogens with zero attached hydrogens (tertiary/aromatic N) is 4. The number of amides is 2. The molecule has 6 rings (SSSR count). The van der Waals surface area contributed by atoms with Crippen LogP contribution in [0.2, 0.25) is 0 Å². The largest absolute Gasteiger partial charge is 0.492 e. The summed E-state index contributed by atoms with van der Waals surface area (Å²) in [5.74, 6) is -6.81. The van der Waals surface area contributed by atoms with Crippen LogP contribution in [-0.4, -0.2) is 204 Å². The molecule has 4 fully saturated rings. The number of ether oxygens (including phenoxy) is 10. The molecule has 4 aliphatic rings. The number of benzene rings is 1. The Hall–Kier alpha value is -4.99. The number of carbonyl (C=O) groups excluding carboxylic acids is 4. The van der Waals surface area contributed by atoms with Gasteiger partial charge in [-0.1, -0.05) is 70.1 Å². The summed E-state index contributed by atoms with van der Waals surface area (Å²) in [6.45, 7) is 24.5. The number of alkyl carbamates (subject to hydrolysis) is 1. The lowest BCUT2D eigenvalue weighted by Crippen LogP contribution is -2.59. The Balaban J connectivity index is 1.40. The molecule has 1 aromatic carbocycles. The summed E-state index contributed by atoms with van der Waals surface area (Å²) >= 11 is 0. The third-order valence-corrected chi connectivity index (χ3v) is 17.0. The summed E-state index contributed by atoms with van der Waals surface area (Å²) < 4.78 is 64.3. The number of ketones is 1. The number of aliphatic hydroxyl groups excluding tert-OH is 2. The number of oxime groups is 1. The number of hydrogen-bond acceptors (Lipinski definition) is 22. The zero-order valence-corrected chi connectivity index (χ0v) is 53.1. The lowest BCUT2D eigenvalue weighted by molar-refractivity contribution is -0.305. The van der Waals surface area contributed by atoms with E-state index in [-0.39, 0.29) is 55.4 Å². The van der Waals surface area contributed by atoms with Crippen molar-refractivity contribution in [3.05, 3.63) is 60.4 Å². The van der Waals surface area contributed by atoms with Gasteiger partial charge in [0.25, 0.3) is 5.91 Å². The average molecular weight is 1210 g/mol. The van der Waals surface area contributed by atoms with Gasteiger partial charge in [-0.05, 0) is 92.1 Å². The van der Waals surface area contributed by atoms with Crippen LogP contribution in [0.1, 0.15) is 125 Å². The van der Waals surface area contributed by atoms with E-state index < -0.39 is 144 Å². The second-order valence-electron chi connectivity index (χ2n) is 25.0. The van der Waals surface area contributed by atoms with Gasteiger partial charge < -0.3 is 78.2 Å². The molecule has 2 aromatic rings. The first-order valence-electron chi connectivity index (χ1n) is 30.2. The fraction of sp³-hybridized carbons (Fsp3) is 0.742. The maximum absolute atomic E-state index is 15.5. The molecule has 2 amide bonds. The van der Waals surface area contributed by atoms with Gasteiger partial charge in [-0.2, -0.15) is 0 Å². The molecule has 2 unspecified atom stereocenters. The molecular formula is C62H97N6O18. The molecule has 24 heteroatoms. The van der Waals surface area contributed by atoms with Crippen LogP contribution in [0, 0.1) is 41.9 Å². The number of nitrogens with one attached hydrogen (secondary N) is 2.